The standard InChI is InChI=1S/C26H29ClN2O3S/c1-4-12-26(3)16-19(30)15-24-25-21(11-13-28(24)26)22-14-18(27)7-10-23(22)29(25)33(31,32)20-8-5-17(2)6-9-20/h5-10,14,24H,4,11-13,15-16H2,1-3H3/t24-,26+/m0/s1. The Morgan fingerprint density at radius 2 is 1.88 bits per heavy atom. The largest absolute Gasteiger partial charge is 0.300 e. The van der Waals surface area contributed by atoms with Crippen LogP contribution in [-0.2, 0) is 21.2 Å². The van der Waals surface area contributed by atoms with Crippen molar-refractivity contribution in [3.63, 3.8) is 0 Å². The Balaban J connectivity index is 1.80. The highest BCUT2D eigenvalue weighted by atomic mass is 35.5. The minimum atomic E-state index is -3.88. The number of Topliss-reactive ketones (excluding diaryl/α,β-unsaturated/α-hetero) is 1. The van der Waals surface area contributed by atoms with Gasteiger partial charge in [0, 0.05) is 35.3 Å². The van der Waals surface area contributed by atoms with Crippen molar-refractivity contribution in [3.8, 4) is 0 Å². The Hall–Kier alpha value is -2.15. The summed E-state index contributed by atoms with van der Waals surface area (Å²) >= 11 is 6.34. The molecule has 0 spiro atoms. The highest BCUT2D eigenvalue weighted by Crippen LogP contribution is 2.48. The molecule has 5 nitrogen and oxygen atoms in total. The second-order valence-corrected chi connectivity index (χ2v) is 12.0. The normalized spacial score (nSPS) is 23.5. The molecule has 0 N–H and O–H groups in total. The van der Waals surface area contributed by atoms with Crippen LogP contribution in [0.2, 0.25) is 5.02 Å². The third-order valence-electron chi connectivity index (χ3n) is 7.37. The van der Waals surface area contributed by atoms with Gasteiger partial charge in [-0.15, -0.1) is 0 Å². The first-order chi connectivity index (χ1) is 15.7. The van der Waals surface area contributed by atoms with Gasteiger partial charge in [-0.25, -0.2) is 12.4 Å². The predicted octanol–water partition coefficient (Wildman–Crippen LogP) is 5.66. The van der Waals surface area contributed by atoms with Crippen LogP contribution in [0.4, 0.5) is 0 Å². The number of carbonyl (C=O) groups excluding carboxylic acids is 1. The van der Waals surface area contributed by atoms with Crippen molar-refractivity contribution in [2.45, 2.75) is 69.4 Å². The van der Waals surface area contributed by atoms with Crippen molar-refractivity contribution in [2.75, 3.05) is 6.54 Å². The lowest BCUT2D eigenvalue weighted by atomic mass is 9.77. The minimum absolute atomic E-state index is 0.197. The van der Waals surface area contributed by atoms with Gasteiger partial charge in [0.25, 0.3) is 10.0 Å². The van der Waals surface area contributed by atoms with E-state index in [1.54, 1.807) is 24.3 Å². The molecule has 0 bridgehead atoms. The number of piperidine rings is 1. The average Bonchev–Trinajstić information content (AvgIpc) is 3.09. The molecule has 2 atom stereocenters. The summed E-state index contributed by atoms with van der Waals surface area (Å²) in [5.74, 6) is 0.197. The fourth-order valence-electron chi connectivity index (χ4n) is 5.96. The summed E-state index contributed by atoms with van der Waals surface area (Å²) in [6, 6.07) is 12.1. The highest BCUT2D eigenvalue weighted by Gasteiger charge is 2.48. The van der Waals surface area contributed by atoms with Gasteiger partial charge in [0.1, 0.15) is 5.78 Å². The maximum atomic E-state index is 14.0. The lowest BCUT2D eigenvalue weighted by molar-refractivity contribution is -0.130. The minimum Gasteiger partial charge on any atom is -0.300 e. The average molecular weight is 485 g/mol. The van der Waals surface area contributed by atoms with Crippen LogP contribution in [0.15, 0.2) is 47.4 Å². The van der Waals surface area contributed by atoms with Crippen LogP contribution in [0.5, 0.6) is 0 Å². The number of aryl methyl sites for hydroxylation is 1. The van der Waals surface area contributed by atoms with Crippen LogP contribution in [0.3, 0.4) is 0 Å². The van der Waals surface area contributed by atoms with Gasteiger partial charge in [-0.1, -0.05) is 42.6 Å². The van der Waals surface area contributed by atoms with Gasteiger partial charge in [0.2, 0.25) is 0 Å². The number of halogens is 1. The molecule has 0 aliphatic carbocycles. The molecule has 7 heteroatoms. The van der Waals surface area contributed by atoms with E-state index in [1.165, 1.54) is 3.97 Å². The molecular formula is C26H29ClN2O3S. The van der Waals surface area contributed by atoms with Gasteiger partial charge in [-0.2, -0.15) is 0 Å². The molecule has 33 heavy (non-hydrogen) atoms. The summed E-state index contributed by atoms with van der Waals surface area (Å²) in [5.41, 5.74) is 3.09. The maximum Gasteiger partial charge on any atom is 0.268 e. The molecule has 0 radical (unpaired) electrons. The molecule has 2 aromatic carbocycles. The second-order valence-electron chi connectivity index (χ2n) is 9.73. The number of nitrogens with zero attached hydrogens (tertiary/aromatic N) is 2. The first kappa shape index (κ1) is 22.6. The molecule has 5 rings (SSSR count). The zero-order valence-corrected chi connectivity index (χ0v) is 20.8. The molecule has 3 heterocycles. The molecule has 1 aromatic heterocycles. The Morgan fingerprint density at radius 3 is 2.58 bits per heavy atom. The van der Waals surface area contributed by atoms with E-state index < -0.39 is 10.0 Å². The van der Waals surface area contributed by atoms with Gasteiger partial charge in [-0.05, 0) is 62.6 Å². The van der Waals surface area contributed by atoms with Crippen molar-refractivity contribution in [3.05, 3.63) is 64.3 Å². The van der Waals surface area contributed by atoms with Crippen molar-refractivity contribution in [2.24, 2.45) is 0 Å². The summed E-state index contributed by atoms with van der Waals surface area (Å²) in [4.78, 5) is 15.6. The monoisotopic (exact) mass is 484 g/mol. The first-order valence-electron chi connectivity index (χ1n) is 11.6. The van der Waals surface area contributed by atoms with E-state index in [1.807, 2.05) is 25.1 Å². The third kappa shape index (κ3) is 3.54. The summed E-state index contributed by atoms with van der Waals surface area (Å²) in [7, 11) is -3.88. The number of fused-ring (bicyclic) bond motifs is 5. The second kappa shape index (κ2) is 7.97. The molecule has 1 saturated heterocycles. The van der Waals surface area contributed by atoms with Crippen LogP contribution in [0, 0.1) is 6.92 Å². The van der Waals surface area contributed by atoms with Crippen molar-refractivity contribution in [1.82, 2.24) is 8.87 Å². The van der Waals surface area contributed by atoms with Gasteiger partial charge in [0.05, 0.1) is 22.1 Å². The van der Waals surface area contributed by atoms with Crippen molar-refractivity contribution in [1.29, 1.82) is 0 Å². The Bertz CT molecular complexity index is 1360. The predicted molar refractivity (Wildman–Crippen MR) is 131 cm³/mol. The SMILES string of the molecule is CCC[C@]1(C)CC(=O)C[C@H]2c3c(c4cc(Cl)ccc4n3S(=O)(=O)c3ccc(C)cc3)CCN21. The smallest absolute Gasteiger partial charge is 0.268 e. The number of benzene rings is 2. The topological polar surface area (TPSA) is 59.4 Å². The van der Waals surface area contributed by atoms with Gasteiger partial charge in [0.15, 0.2) is 0 Å². The highest BCUT2D eigenvalue weighted by molar-refractivity contribution is 7.90. The van der Waals surface area contributed by atoms with Crippen molar-refractivity contribution >= 4 is 38.3 Å². The number of aromatic nitrogens is 1. The number of rotatable bonds is 4. The molecule has 0 saturated carbocycles. The number of carbonyl (C=O) groups is 1. The number of hydrogen-bond acceptors (Lipinski definition) is 4. The number of hydrogen-bond donors (Lipinski definition) is 0. The summed E-state index contributed by atoms with van der Waals surface area (Å²) in [6.07, 6.45) is 3.46. The van der Waals surface area contributed by atoms with Gasteiger partial charge < -0.3 is 0 Å². The molecule has 1 fully saturated rings. The summed E-state index contributed by atoms with van der Waals surface area (Å²) in [6.45, 7) is 7.03. The molecule has 0 amide bonds. The molecule has 2 aliphatic heterocycles. The summed E-state index contributed by atoms with van der Waals surface area (Å²) in [5, 5.41) is 1.44. The Labute approximate surface area is 200 Å². The van der Waals surface area contributed by atoms with E-state index in [2.05, 4.69) is 18.7 Å². The molecular weight excluding hydrogens is 456 g/mol. The van der Waals surface area contributed by atoms with Crippen LogP contribution in [-0.4, -0.2) is 35.2 Å². The Kier molecular flexibility index (Phi) is 5.46. The van der Waals surface area contributed by atoms with Crippen LogP contribution < -0.4 is 0 Å². The quantitative estimate of drug-likeness (QED) is 0.479. The van der Waals surface area contributed by atoms with E-state index in [0.29, 0.717) is 23.4 Å². The molecule has 3 aromatic rings. The molecule has 2 aliphatic rings. The van der Waals surface area contributed by atoms with E-state index >= 15 is 0 Å². The molecule has 174 valence electrons. The van der Waals surface area contributed by atoms with Crippen LogP contribution in [0.25, 0.3) is 10.9 Å². The first-order valence-corrected chi connectivity index (χ1v) is 13.4. The van der Waals surface area contributed by atoms with E-state index in [0.717, 1.165) is 48.0 Å². The Morgan fingerprint density at radius 1 is 1.15 bits per heavy atom. The van der Waals surface area contributed by atoms with E-state index in [4.69, 9.17) is 11.6 Å². The molecule has 0 unspecified atom stereocenters. The third-order valence-corrected chi connectivity index (χ3v) is 9.34. The van der Waals surface area contributed by atoms with Crippen LogP contribution in [0.1, 0.15) is 62.4 Å². The fraction of sp³-hybridized carbons (Fsp3) is 0.423. The zero-order valence-electron chi connectivity index (χ0n) is 19.3. The lowest BCUT2D eigenvalue weighted by Gasteiger charge is -2.51. The van der Waals surface area contributed by atoms with Crippen LogP contribution >= 0.6 is 11.6 Å². The fourth-order valence-corrected chi connectivity index (χ4v) is 7.74. The van der Waals surface area contributed by atoms with E-state index in [-0.39, 0.29) is 22.3 Å². The maximum absolute atomic E-state index is 14.0. The van der Waals surface area contributed by atoms with Crippen molar-refractivity contribution < 1.29 is 13.2 Å². The van der Waals surface area contributed by atoms with Gasteiger partial charge >= 0.3 is 0 Å². The summed E-state index contributed by atoms with van der Waals surface area (Å²) < 4.78 is 29.6. The van der Waals surface area contributed by atoms with E-state index in [9.17, 15) is 13.2 Å². The number of ketones is 1. The zero-order chi connectivity index (χ0) is 23.5. The van der Waals surface area contributed by atoms with Gasteiger partial charge in [-0.3, -0.25) is 9.69 Å². The lowest BCUT2D eigenvalue weighted by Crippen LogP contribution is -2.56.